The van der Waals surface area contributed by atoms with Crippen LogP contribution >= 0.6 is 0 Å². The van der Waals surface area contributed by atoms with Gasteiger partial charge in [-0.15, -0.1) is 0 Å². The highest BCUT2D eigenvalue weighted by atomic mass is 16.5. The summed E-state index contributed by atoms with van der Waals surface area (Å²) < 4.78 is 11.2. The van der Waals surface area contributed by atoms with E-state index in [1.165, 1.54) is 0 Å². The van der Waals surface area contributed by atoms with Crippen molar-refractivity contribution in [3.05, 3.63) is 35.9 Å². The number of carbonyl (C=O) groups excluding carboxylic acids is 1. The van der Waals surface area contributed by atoms with Crippen LogP contribution in [-0.2, 0) is 4.74 Å². The average Bonchev–Trinajstić information content (AvgIpc) is 3.19. The van der Waals surface area contributed by atoms with E-state index in [0.29, 0.717) is 56.3 Å². The van der Waals surface area contributed by atoms with Crippen LogP contribution in [0.4, 0.5) is 5.82 Å². The summed E-state index contributed by atoms with van der Waals surface area (Å²) >= 11 is 0. The maximum absolute atomic E-state index is 13.9. The molecule has 154 valence electrons. The lowest BCUT2D eigenvalue weighted by atomic mass is 9.82. The molecule has 3 aliphatic heterocycles. The van der Waals surface area contributed by atoms with Gasteiger partial charge in [0.2, 0.25) is 0 Å². The van der Waals surface area contributed by atoms with Crippen LogP contribution in [0, 0.1) is 0 Å². The fourth-order valence-electron chi connectivity index (χ4n) is 5.07. The number of morpholine rings is 1. The second-order valence-electron chi connectivity index (χ2n) is 8.25. The molecule has 3 atom stereocenters. The van der Waals surface area contributed by atoms with Crippen molar-refractivity contribution < 1.29 is 19.2 Å². The van der Waals surface area contributed by atoms with E-state index in [9.17, 15) is 9.90 Å². The lowest BCUT2D eigenvalue weighted by Crippen LogP contribution is -2.56. The molecule has 5 rings (SSSR count). The molecule has 0 saturated carbocycles. The number of aromatic nitrogens is 1. The van der Waals surface area contributed by atoms with Gasteiger partial charge in [-0.2, -0.15) is 0 Å². The van der Waals surface area contributed by atoms with Gasteiger partial charge in [0.1, 0.15) is 5.56 Å². The third-order valence-corrected chi connectivity index (χ3v) is 6.42. The molecule has 7 heteroatoms. The van der Waals surface area contributed by atoms with Crippen LogP contribution in [-0.4, -0.2) is 65.6 Å². The minimum absolute atomic E-state index is 0.0202. The summed E-state index contributed by atoms with van der Waals surface area (Å²) in [7, 11) is 0. The summed E-state index contributed by atoms with van der Waals surface area (Å²) in [5.41, 5.74) is 1.40. The van der Waals surface area contributed by atoms with E-state index < -0.39 is 0 Å². The molecule has 0 radical (unpaired) electrons. The zero-order chi connectivity index (χ0) is 19.8. The van der Waals surface area contributed by atoms with E-state index in [1.54, 1.807) is 0 Å². The number of nitrogens with zero attached hydrogens (tertiary/aromatic N) is 3. The summed E-state index contributed by atoms with van der Waals surface area (Å²) in [4.78, 5) is 18.0. The molecule has 3 aliphatic rings. The Morgan fingerprint density at radius 3 is 2.45 bits per heavy atom. The van der Waals surface area contributed by atoms with Crippen molar-refractivity contribution >= 4 is 11.7 Å². The maximum Gasteiger partial charge on any atom is 0.262 e. The molecule has 7 nitrogen and oxygen atoms in total. The van der Waals surface area contributed by atoms with E-state index in [1.807, 2.05) is 35.2 Å². The minimum Gasteiger partial charge on any atom is -0.393 e. The normalized spacial score (nSPS) is 27.1. The number of ether oxygens (including phenoxy) is 1. The van der Waals surface area contributed by atoms with E-state index in [0.717, 1.165) is 24.8 Å². The van der Waals surface area contributed by atoms with Crippen molar-refractivity contribution in [1.29, 1.82) is 0 Å². The van der Waals surface area contributed by atoms with Crippen molar-refractivity contribution in [3.63, 3.8) is 0 Å². The first-order valence-electron chi connectivity index (χ1n) is 10.6. The van der Waals surface area contributed by atoms with Gasteiger partial charge in [0.15, 0.2) is 11.6 Å². The molecule has 1 N–H and O–H groups in total. The van der Waals surface area contributed by atoms with Gasteiger partial charge in [0, 0.05) is 30.7 Å². The van der Waals surface area contributed by atoms with E-state index in [-0.39, 0.29) is 24.1 Å². The third-order valence-electron chi connectivity index (χ3n) is 6.42. The van der Waals surface area contributed by atoms with Crippen LogP contribution in [0.1, 0.15) is 42.5 Å². The fraction of sp³-hybridized carbons (Fsp3) is 0.545. The highest BCUT2D eigenvalue weighted by Crippen LogP contribution is 2.39. The predicted molar refractivity (Wildman–Crippen MR) is 108 cm³/mol. The van der Waals surface area contributed by atoms with Crippen molar-refractivity contribution in [1.82, 2.24) is 10.1 Å². The Kier molecular flexibility index (Phi) is 5.01. The predicted octanol–water partition coefficient (Wildman–Crippen LogP) is 2.70. The highest BCUT2D eigenvalue weighted by Gasteiger charge is 2.43. The van der Waals surface area contributed by atoms with Crippen molar-refractivity contribution in [2.75, 3.05) is 31.2 Å². The van der Waals surface area contributed by atoms with E-state index in [4.69, 9.17) is 9.26 Å². The van der Waals surface area contributed by atoms with E-state index in [2.05, 4.69) is 10.1 Å². The number of anilines is 1. The Bertz CT molecular complexity index is 848. The highest BCUT2D eigenvalue weighted by molar-refractivity contribution is 6.04. The van der Waals surface area contributed by atoms with Gasteiger partial charge in [-0.1, -0.05) is 35.5 Å². The largest absolute Gasteiger partial charge is 0.393 e. The van der Waals surface area contributed by atoms with Crippen molar-refractivity contribution in [3.8, 4) is 11.3 Å². The molecular weight excluding hydrogens is 370 g/mol. The number of fused-ring (bicyclic) bond motifs is 2. The number of carbonyl (C=O) groups is 1. The first kappa shape index (κ1) is 18.6. The molecule has 1 unspecified atom stereocenters. The van der Waals surface area contributed by atoms with Crippen LogP contribution in [0.5, 0.6) is 0 Å². The molecule has 4 heterocycles. The maximum atomic E-state index is 13.9. The van der Waals surface area contributed by atoms with Gasteiger partial charge in [0.25, 0.3) is 5.91 Å². The number of hydrogen-bond donors (Lipinski definition) is 1. The zero-order valence-electron chi connectivity index (χ0n) is 16.5. The summed E-state index contributed by atoms with van der Waals surface area (Å²) in [6.45, 7) is 2.60. The van der Waals surface area contributed by atoms with Crippen LogP contribution in [0.2, 0.25) is 0 Å². The minimum atomic E-state index is -0.316. The number of aliphatic hydroxyl groups excluding tert-OH is 1. The molecule has 2 aromatic rings. The van der Waals surface area contributed by atoms with Gasteiger partial charge in [-0.25, -0.2) is 0 Å². The van der Waals surface area contributed by atoms with Crippen molar-refractivity contribution in [2.45, 2.75) is 50.3 Å². The van der Waals surface area contributed by atoms with E-state index >= 15 is 0 Å². The summed E-state index contributed by atoms with van der Waals surface area (Å²) in [5.74, 6) is 1.12. The lowest BCUT2D eigenvalue weighted by Gasteiger charge is -2.47. The smallest absolute Gasteiger partial charge is 0.262 e. The Hall–Kier alpha value is -2.38. The molecule has 29 heavy (non-hydrogen) atoms. The molecule has 0 spiro atoms. The van der Waals surface area contributed by atoms with Crippen LogP contribution in [0.3, 0.4) is 0 Å². The second kappa shape index (κ2) is 7.80. The standard InChI is InChI=1S/C22H27N3O4/c26-18-13-16-7-4-8-17(14-18)25(16)22(27)19-20(15-5-2-1-3-6-15)29-23-21(19)24-9-11-28-12-10-24/h1-3,5-6,16-18,26H,4,7-14H2/t16-,17+,18?. The quantitative estimate of drug-likeness (QED) is 0.858. The van der Waals surface area contributed by atoms with Gasteiger partial charge in [0.05, 0.1) is 19.3 Å². The zero-order valence-corrected chi connectivity index (χ0v) is 16.5. The lowest BCUT2D eigenvalue weighted by molar-refractivity contribution is -0.0150. The molecular formula is C22H27N3O4. The first-order chi connectivity index (χ1) is 14.2. The molecule has 2 bridgehead atoms. The molecule has 1 aromatic carbocycles. The average molecular weight is 397 g/mol. The van der Waals surface area contributed by atoms with Gasteiger partial charge in [-0.05, 0) is 32.1 Å². The Morgan fingerprint density at radius 1 is 1.07 bits per heavy atom. The SMILES string of the molecule is O=C(c1c(N2CCOCC2)noc1-c1ccccc1)N1[C@@H]2CCC[C@H]1CC(O)C2. The monoisotopic (exact) mass is 397 g/mol. The van der Waals surface area contributed by atoms with Gasteiger partial charge < -0.3 is 24.2 Å². The molecule has 0 aliphatic carbocycles. The number of benzene rings is 1. The Labute approximate surface area is 170 Å². The number of piperidine rings is 2. The second-order valence-corrected chi connectivity index (χ2v) is 8.25. The summed E-state index contributed by atoms with van der Waals surface area (Å²) in [6.07, 6.45) is 3.99. The Morgan fingerprint density at radius 2 is 1.76 bits per heavy atom. The molecule has 1 amide bonds. The van der Waals surface area contributed by atoms with Crippen LogP contribution < -0.4 is 4.90 Å². The number of rotatable bonds is 3. The van der Waals surface area contributed by atoms with Crippen LogP contribution in [0.25, 0.3) is 11.3 Å². The summed E-state index contributed by atoms with van der Waals surface area (Å²) in [6, 6.07) is 9.88. The van der Waals surface area contributed by atoms with Crippen molar-refractivity contribution in [2.24, 2.45) is 0 Å². The molecule has 3 fully saturated rings. The first-order valence-corrected chi connectivity index (χ1v) is 10.6. The Balaban J connectivity index is 1.56. The molecule has 1 aromatic heterocycles. The number of aliphatic hydroxyl groups is 1. The fourth-order valence-corrected chi connectivity index (χ4v) is 5.07. The number of amides is 1. The van der Waals surface area contributed by atoms with Gasteiger partial charge >= 0.3 is 0 Å². The summed E-state index contributed by atoms with van der Waals surface area (Å²) in [5, 5.41) is 14.6. The topological polar surface area (TPSA) is 79.0 Å². The van der Waals surface area contributed by atoms with Gasteiger partial charge in [-0.3, -0.25) is 4.79 Å². The third kappa shape index (κ3) is 3.42. The molecule has 3 saturated heterocycles. The van der Waals surface area contributed by atoms with Crippen LogP contribution in [0.15, 0.2) is 34.9 Å². The number of hydrogen-bond acceptors (Lipinski definition) is 6.